The highest BCUT2D eigenvalue weighted by molar-refractivity contribution is 7.99. The molecule has 27 heavy (non-hydrogen) atoms. The van der Waals surface area contributed by atoms with Crippen LogP contribution < -0.4 is 10.9 Å². The second-order valence-corrected chi connectivity index (χ2v) is 7.57. The monoisotopic (exact) mass is 405 g/mol. The second kappa shape index (κ2) is 8.63. The summed E-state index contributed by atoms with van der Waals surface area (Å²) in [6.07, 6.45) is 2.41. The first-order chi connectivity index (χ1) is 13.0. The van der Waals surface area contributed by atoms with E-state index in [1.165, 1.54) is 16.3 Å². The van der Waals surface area contributed by atoms with E-state index in [2.05, 4.69) is 10.3 Å². The molecule has 8 heteroatoms. The summed E-state index contributed by atoms with van der Waals surface area (Å²) in [4.78, 5) is 29.7. The molecule has 3 aromatic rings. The molecule has 0 saturated heterocycles. The van der Waals surface area contributed by atoms with Crippen molar-refractivity contribution in [2.45, 2.75) is 38.0 Å². The first-order valence-corrected chi connectivity index (χ1v) is 9.99. The lowest BCUT2D eigenvalue weighted by molar-refractivity contribution is -0.119. The number of carbonyl (C=O) groups is 1. The van der Waals surface area contributed by atoms with E-state index in [1.54, 1.807) is 36.6 Å². The Kier molecular flexibility index (Phi) is 6.23. The lowest BCUT2D eigenvalue weighted by Gasteiger charge is -2.14. The highest BCUT2D eigenvalue weighted by Gasteiger charge is 2.15. The minimum absolute atomic E-state index is 0.0978. The summed E-state index contributed by atoms with van der Waals surface area (Å²) in [7, 11) is 0. The number of hydrogen-bond donors (Lipinski definition) is 1. The Hall–Kier alpha value is -2.25. The van der Waals surface area contributed by atoms with Crippen LogP contribution in [0, 0.1) is 0 Å². The van der Waals surface area contributed by atoms with Gasteiger partial charge in [-0.15, -0.1) is 0 Å². The van der Waals surface area contributed by atoms with Crippen molar-refractivity contribution in [3.63, 3.8) is 0 Å². The topological polar surface area (TPSA) is 77.1 Å². The third-order valence-corrected chi connectivity index (χ3v) is 5.34. The number of nitrogens with zero attached hydrogens (tertiary/aromatic N) is 2. The molecule has 0 spiro atoms. The number of fused-ring (bicyclic) bond motifs is 1. The number of halogens is 1. The minimum Gasteiger partial charge on any atom is -0.467 e. The standard InChI is InChI=1S/C19H20ClN3O3S/c1-3-12(2)21-17(24)11-27-19-22-16-9-13(20)6-7-15(16)18(25)23(19)10-14-5-4-8-26-14/h4-9,12H,3,10-11H2,1-2H3,(H,21,24)/t12-/m1/s1. The Morgan fingerprint density at radius 1 is 1.41 bits per heavy atom. The highest BCUT2D eigenvalue weighted by atomic mass is 35.5. The first kappa shape index (κ1) is 19.5. The molecule has 0 bridgehead atoms. The smallest absolute Gasteiger partial charge is 0.262 e. The van der Waals surface area contributed by atoms with Crippen LogP contribution in [0.15, 0.2) is 51.0 Å². The largest absolute Gasteiger partial charge is 0.467 e. The average Bonchev–Trinajstić information content (AvgIpc) is 3.15. The van der Waals surface area contributed by atoms with Crippen molar-refractivity contribution >= 4 is 40.2 Å². The molecule has 0 aliphatic rings. The van der Waals surface area contributed by atoms with Crippen molar-refractivity contribution in [3.05, 3.63) is 57.7 Å². The lowest BCUT2D eigenvalue weighted by Crippen LogP contribution is -2.33. The van der Waals surface area contributed by atoms with Gasteiger partial charge < -0.3 is 9.73 Å². The Morgan fingerprint density at radius 2 is 2.22 bits per heavy atom. The third kappa shape index (κ3) is 4.73. The van der Waals surface area contributed by atoms with Crippen molar-refractivity contribution < 1.29 is 9.21 Å². The molecule has 0 radical (unpaired) electrons. The van der Waals surface area contributed by atoms with Gasteiger partial charge in [-0.25, -0.2) is 4.98 Å². The number of amides is 1. The number of rotatable bonds is 7. The normalized spacial score (nSPS) is 12.3. The second-order valence-electron chi connectivity index (χ2n) is 6.19. The summed E-state index contributed by atoms with van der Waals surface area (Å²) in [5.41, 5.74) is 0.311. The first-order valence-electron chi connectivity index (χ1n) is 8.62. The van der Waals surface area contributed by atoms with Gasteiger partial charge in [0.15, 0.2) is 5.16 Å². The Labute approximate surface area is 165 Å². The van der Waals surface area contributed by atoms with Crippen molar-refractivity contribution in [2.24, 2.45) is 0 Å². The van der Waals surface area contributed by atoms with Crippen LogP contribution in [0.25, 0.3) is 10.9 Å². The van der Waals surface area contributed by atoms with Gasteiger partial charge in [0.05, 0.1) is 29.5 Å². The molecule has 0 unspecified atom stereocenters. The van der Waals surface area contributed by atoms with Gasteiger partial charge in [-0.3, -0.25) is 14.2 Å². The molecule has 142 valence electrons. The van der Waals surface area contributed by atoms with Crippen LogP contribution in [0.2, 0.25) is 5.02 Å². The molecule has 6 nitrogen and oxygen atoms in total. The molecular formula is C19H20ClN3O3S. The van der Waals surface area contributed by atoms with E-state index in [0.29, 0.717) is 26.8 Å². The molecule has 0 aliphatic carbocycles. The summed E-state index contributed by atoms with van der Waals surface area (Å²) >= 11 is 7.26. The van der Waals surface area contributed by atoms with E-state index in [1.807, 2.05) is 13.8 Å². The predicted octanol–water partition coefficient (Wildman–Crippen LogP) is 3.70. The van der Waals surface area contributed by atoms with Crippen molar-refractivity contribution in [1.82, 2.24) is 14.9 Å². The molecule has 1 N–H and O–H groups in total. The fraction of sp³-hybridized carbons (Fsp3) is 0.316. The third-order valence-electron chi connectivity index (χ3n) is 4.13. The zero-order chi connectivity index (χ0) is 19.4. The van der Waals surface area contributed by atoms with Crippen molar-refractivity contribution in [3.8, 4) is 0 Å². The zero-order valence-electron chi connectivity index (χ0n) is 15.1. The average molecular weight is 406 g/mol. The molecule has 2 heterocycles. The van der Waals surface area contributed by atoms with E-state index in [-0.39, 0.29) is 29.8 Å². The molecule has 0 saturated carbocycles. The number of benzene rings is 1. The number of carbonyl (C=O) groups excluding carboxylic acids is 1. The molecule has 0 fully saturated rings. The summed E-state index contributed by atoms with van der Waals surface area (Å²) < 4.78 is 6.90. The van der Waals surface area contributed by atoms with Crippen molar-refractivity contribution in [2.75, 3.05) is 5.75 Å². The van der Waals surface area contributed by atoms with Crippen LogP contribution in [0.3, 0.4) is 0 Å². The fourth-order valence-corrected chi connectivity index (χ4v) is 3.51. The molecule has 1 aromatic carbocycles. The van der Waals surface area contributed by atoms with Crippen LogP contribution in [-0.2, 0) is 11.3 Å². The Bertz CT molecular complexity index is 1000. The van der Waals surface area contributed by atoms with Gasteiger partial charge in [0.2, 0.25) is 5.91 Å². The maximum Gasteiger partial charge on any atom is 0.262 e. The molecule has 3 rings (SSSR count). The van der Waals surface area contributed by atoms with Gasteiger partial charge in [0.1, 0.15) is 5.76 Å². The van der Waals surface area contributed by atoms with E-state index in [0.717, 1.165) is 6.42 Å². The summed E-state index contributed by atoms with van der Waals surface area (Å²) in [6, 6.07) is 8.64. The van der Waals surface area contributed by atoms with Gasteiger partial charge in [0, 0.05) is 11.1 Å². The summed E-state index contributed by atoms with van der Waals surface area (Å²) in [6.45, 7) is 4.20. The van der Waals surface area contributed by atoms with Crippen LogP contribution >= 0.6 is 23.4 Å². The maximum atomic E-state index is 13.0. The molecule has 1 amide bonds. The summed E-state index contributed by atoms with van der Waals surface area (Å²) in [5, 5.41) is 4.34. The van der Waals surface area contributed by atoms with Crippen molar-refractivity contribution in [1.29, 1.82) is 0 Å². The minimum atomic E-state index is -0.196. The van der Waals surface area contributed by atoms with E-state index < -0.39 is 0 Å². The number of thioether (sulfide) groups is 1. The molecule has 1 atom stereocenters. The highest BCUT2D eigenvalue weighted by Crippen LogP contribution is 2.21. The Morgan fingerprint density at radius 3 is 2.93 bits per heavy atom. The van der Waals surface area contributed by atoms with E-state index in [4.69, 9.17) is 16.0 Å². The molecular weight excluding hydrogens is 386 g/mol. The van der Waals surface area contributed by atoms with Crippen LogP contribution in [0.1, 0.15) is 26.0 Å². The number of hydrogen-bond acceptors (Lipinski definition) is 5. The Balaban J connectivity index is 1.95. The quantitative estimate of drug-likeness (QED) is 0.479. The molecule has 2 aromatic heterocycles. The predicted molar refractivity (Wildman–Crippen MR) is 107 cm³/mol. The summed E-state index contributed by atoms with van der Waals surface area (Å²) in [5.74, 6) is 0.707. The zero-order valence-corrected chi connectivity index (χ0v) is 16.6. The number of aromatic nitrogens is 2. The number of nitrogens with one attached hydrogen (secondary N) is 1. The van der Waals surface area contributed by atoms with E-state index >= 15 is 0 Å². The van der Waals surface area contributed by atoms with Gasteiger partial charge in [-0.1, -0.05) is 30.3 Å². The van der Waals surface area contributed by atoms with Gasteiger partial charge >= 0.3 is 0 Å². The van der Waals surface area contributed by atoms with Gasteiger partial charge in [-0.05, 0) is 43.7 Å². The maximum absolute atomic E-state index is 13.0. The fourth-order valence-electron chi connectivity index (χ4n) is 2.53. The molecule has 0 aliphatic heterocycles. The number of furan rings is 1. The van der Waals surface area contributed by atoms with Crippen LogP contribution in [0.5, 0.6) is 0 Å². The van der Waals surface area contributed by atoms with Gasteiger partial charge in [-0.2, -0.15) is 0 Å². The lowest BCUT2D eigenvalue weighted by atomic mass is 10.2. The van der Waals surface area contributed by atoms with Crippen LogP contribution in [0.4, 0.5) is 0 Å². The van der Waals surface area contributed by atoms with Crippen LogP contribution in [-0.4, -0.2) is 27.3 Å². The SMILES string of the molecule is CC[C@@H](C)NC(=O)CSc1nc2cc(Cl)ccc2c(=O)n1Cc1ccco1. The van der Waals surface area contributed by atoms with Gasteiger partial charge in [0.25, 0.3) is 5.56 Å². The van der Waals surface area contributed by atoms with E-state index in [9.17, 15) is 9.59 Å².